The monoisotopic (exact) mass is 287 g/mol. The number of anilines is 1. The Morgan fingerprint density at radius 3 is 3.24 bits per heavy atom. The molecule has 0 bridgehead atoms. The van der Waals surface area contributed by atoms with Gasteiger partial charge in [-0.05, 0) is 24.6 Å². The van der Waals surface area contributed by atoms with Crippen LogP contribution in [0.3, 0.4) is 0 Å². The lowest BCUT2D eigenvalue weighted by Crippen LogP contribution is -2.36. The van der Waals surface area contributed by atoms with E-state index >= 15 is 0 Å². The van der Waals surface area contributed by atoms with Gasteiger partial charge in [0, 0.05) is 44.7 Å². The molecule has 0 spiro atoms. The van der Waals surface area contributed by atoms with Crippen molar-refractivity contribution in [3.63, 3.8) is 0 Å². The van der Waals surface area contributed by atoms with Crippen LogP contribution < -0.4 is 11.1 Å². The Kier molecular flexibility index (Phi) is 3.79. The lowest BCUT2D eigenvalue weighted by atomic mass is 10.2. The fourth-order valence-electron chi connectivity index (χ4n) is 2.90. The number of likely N-dealkylation sites (tertiary alicyclic amines) is 1. The molecule has 21 heavy (non-hydrogen) atoms. The summed E-state index contributed by atoms with van der Waals surface area (Å²) < 4.78 is 0. The van der Waals surface area contributed by atoms with Crippen LogP contribution in [0.15, 0.2) is 18.2 Å². The van der Waals surface area contributed by atoms with Gasteiger partial charge in [0.2, 0.25) is 5.91 Å². The summed E-state index contributed by atoms with van der Waals surface area (Å²) in [6.07, 6.45) is 1.90. The van der Waals surface area contributed by atoms with Crippen molar-refractivity contribution in [2.24, 2.45) is 0 Å². The molecular weight excluding hydrogens is 266 g/mol. The Morgan fingerprint density at radius 1 is 1.57 bits per heavy atom. The van der Waals surface area contributed by atoms with Crippen LogP contribution in [0.2, 0.25) is 0 Å². The molecule has 0 aliphatic carbocycles. The van der Waals surface area contributed by atoms with Gasteiger partial charge in [0.1, 0.15) is 5.82 Å². The van der Waals surface area contributed by atoms with Gasteiger partial charge in [-0.25, -0.2) is 4.98 Å². The first-order valence-electron chi connectivity index (χ1n) is 7.34. The van der Waals surface area contributed by atoms with E-state index in [1.54, 1.807) is 6.92 Å². The zero-order valence-electron chi connectivity index (χ0n) is 12.2. The van der Waals surface area contributed by atoms with Gasteiger partial charge >= 0.3 is 0 Å². The number of H-pyrrole nitrogens is 1. The van der Waals surface area contributed by atoms with E-state index in [9.17, 15) is 4.79 Å². The molecule has 2 heterocycles. The predicted molar refractivity (Wildman–Crippen MR) is 82.9 cm³/mol. The van der Waals surface area contributed by atoms with Gasteiger partial charge in [0.25, 0.3) is 0 Å². The summed E-state index contributed by atoms with van der Waals surface area (Å²) in [5.41, 5.74) is 8.46. The second-order valence-corrected chi connectivity index (χ2v) is 5.70. The molecule has 3 rings (SSSR count). The number of nitrogen functional groups attached to an aromatic ring is 1. The number of carbonyl (C=O) groups excluding carboxylic acids is 1. The summed E-state index contributed by atoms with van der Waals surface area (Å²) in [4.78, 5) is 21.3. The number of amides is 1. The van der Waals surface area contributed by atoms with Gasteiger partial charge in [-0.1, -0.05) is 0 Å². The zero-order valence-corrected chi connectivity index (χ0v) is 12.2. The second kappa shape index (κ2) is 5.73. The highest BCUT2D eigenvalue weighted by Gasteiger charge is 2.22. The third-order valence-corrected chi connectivity index (χ3v) is 3.90. The van der Waals surface area contributed by atoms with E-state index in [0.717, 1.165) is 55.0 Å². The molecule has 1 aromatic carbocycles. The molecule has 1 amide bonds. The molecule has 6 nitrogen and oxygen atoms in total. The van der Waals surface area contributed by atoms with Crippen LogP contribution in [0.25, 0.3) is 11.0 Å². The number of nitrogens with one attached hydrogen (secondary N) is 2. The maximum absolute atomic E-state index is 11.1. The highest BCUT2D eigenvalue weighted by atomic mass is 16.1. The van der Waals surface area contributed by atoms with Gasteiger partial charge in [-0.3, -0.25) is 4.79 Å². The standard InChI is InChI=1S/C15H21N5O/c1-10(21)17-12-4-6-20(9-12)7-5-15-18-13-3-2-11(16)8-14(13)19-15/h2-3,8,12H,4-7,9,16H2,1H3,(H,17,21)(H,18,19). The summed E-state index contributed by atoms with van der Waals surface area (Å²) in [6.45, 7) is 4.47. The minimum atomic E-state index is 0.0525. The van der Waals surface area contributed by atoms with Crippen molar-refractivity contribution in [3.05, 3.63) is 24.0 Å². The number of nitrogens with zero attached hydrogens (tertiary/aromatic N) is 2. The maximum Gasteiger partial charge on any atom is 0.217 e. The Balaban J connectivity index is 1.56. The number of rotatable bonds is 4. The van der Waals surface area contributed by atoms with Gasteiger partial charge in [-0.2, -0.15) is 0 Å². The number of aromatic nitrogens is 2. The van der Waals surface area contributed by atoms with Crippen molar-refractivity contribution < 1.29 is 4.79 Å². The van der Waals surface area contributed by atoms with E-state index in [1.165, 1.54) is 0 Å². The van der Waals surface area contributed by atoms with Crippen molar-refractivity contribution in [1.82, 2.24) is 20.2 Å². The van der Waals surface area contributed by atoms with Crippen LogP contribution in [0.4, 0.5) is 5.69 Å². The number of hydrogen-bond acceptors (Lipinski definition) is 4. The Labute approximate surface area is 123 Å². The highest BCUT2D eigenvalue weighted by molar-refractivity contribution is 5.78. The van der Waals surface area contributed by atoms with Crippen LogP contribution in [-0.2, 0) is 11.2 Å². The van der Waals surface area contributed by atoms with Crippen molar-refractivity contribution >= 4 is 22.6 Å². The summed E-state index contributed by atoms with van der Waals surface area (Å²) >= 11 is 0. The lowest BCUT2D eigenvalue weighted by Gasteiger charge is -2.15. The Morgan fingerprint density at radius 2 is 2.43 bits per heavy atom. The molecule has 1 atom stereocenters. The molecule has 0 radical (unpaired) electrons. The molecule has 1 saturated heterocycles. The zero-order chi connectivity index (χ0) is 14.8. The first kappa shape index (κ1) is 13.9. The van der Waals surface area contributed by atoms with Crippen LogP contribution in [0.1, 0.15) is 19.2 Å². The summed E-state index contributed by atoms with van der Waals surface area (Å²) in [6, 6.07) is 6.01. The van der Waals surface area contributed by atoms with Crippen molar-refractivity contribution in [3.8, 4) is 0 Å². The third kappa shape index (κ3) is 3.33. The fourth-order valence-corrected chi connectivity index (χ4v) is 2.90. The fraction of sp³-hybridized carbons (Fsp3) is 0.467. The Bertz CT molecular complexity index is 651. The van der Waals surface area contributed by atoms with Gasteiger partial charge < -0.3 is 20.9 Å². The largest absolute Gasteiger partial charge is 0.399 e. The van der Waals surface area contributed by atoms with Crippen LogP contribution in [0, 0.1) is 0 Å². The third-order valence-electron chi connectivity index (χ3n) is 3.90. The van der Waals surface area contributed by atoms with E-state index in [4.69, 9.17) is 5.73 Å². The predicted octanol–water partition coefficient (Wildman–Crippen LogP) is 0.898. The molecule has 112 valence electrons. The molecule has 0 saturated carbocycles. The van der Waals surface area contributed by atoms with Gasteiger partial charge in [0.05, 0.1) is 11.0 Å². The molecular formula is C15H21N5O. The number of fused-ring (bicyclic) bond motifs is 1. The van der Waals surface area contributed by atoms with Crippen LogP contribution in [-0.4, -0.2) is 46.5 Å². The lowest BCUT2D eigenvalue weighted by molar-refractivity contribution is -0.119. The minimum Gasteiger partial charge on any atom is -0.399 e. The van der Waals surface area contributed by atoms with Crippen LogP contribution in [0.5, 0.6) is 0 Å². The number of aromatic amines is 1. The van der Waals surface area contributed by atoms with Crippen LogP contribution >= 0.6 is 0 Å². The topological polar surface area (TPSA) is 87.0 Å². The van der Waals surface area contributed by atoms with E-state index in [0.29, 0.717) is 0 Å². The summed E-state index contributed by atoms with van der Waals surface area (Å²) in [7, 11) is 0. The minimum absolute atomic E-state index is 0.0525. The summed E-state index contributed by atoms with van der Waals surface area (Å²) in [5, 5.41) is 2.98. The average molecular weight is 287 g/mol. The van der Waals surface area contributed by atoms with Crippen molar-refractivity contribution in [1.29, 1.82) is 0 Å². The Hall–Kier alpha value is -2.08. The highest BCUT2D eigenvalue weighted by Crippen LogP contribution is 2.16. The van der Waals surface area contributed by atoms with Crippen molar-refractivity contribution in [2.75, 3.05) is 25.4 Å². The molecule has 1 aliphatic heterocycles. The molecule has 1 fully saturated rings. The second-order valence-electron chi connectivity index (χ2n) is 5.70. The van der Waals surface area contributed by atoms with E-state index in [1.807, 2.05) is 18.2 Å². The molecule has 2 aromatic rings. The van der Waals surface area contributed by atoms with E-state index in [2.05, 4.69) is 20.2 Å². The number of benzene rings is 1. The molecule has 1 aromatic heterocycles. The number of hydrogen-bond donors (Lipinski definition) is 3. The first-order chi connectivity index (χ1) is 10.1. The first-order valence-corrected chi connectivity index (χ1v) is 7.34. The number of carbonyl (C=O) groups is 1. The maximum atomic E-state index is 11.1. The average Bonchev–Trinajstić information content (AvgIpc) is 3.01. The van der Waals surface area contributed by atoms with E-state index in [-0.39, 0.29) is 11.9 Å². The van der Waals surface area contributed by atoms with Crippen molar-refractivity contribution in [2.45, 2.75) is 25.8 Å². The van der Waals surface area contributed by atoms with E-state index < -0.39 is 0 Å². The van der Waals surface area contributed by atoms with Gasteiger partial charge in [0.15, 0.2) is 0 Å². The SMILES string of the molecule is CC(=O)NC1CCN(CCc2nc3ccc(N)cc3[nH]2)C1. The van der Waals surface area contributed by atoms with Gasteiger partial charge in [-0.15, -0.1) is 0 Å². The quantitative estimate of drug-likeness (QED) is 0.729. The molecule has 6 heteroatoms. The smallest absolute Gasteiger partial charge is 0.217 e. The molecule has 4 N–H and O–H groups in total. The normalized spacial score (nSPS) is 19.2. The number of nitrogens with two attached hydrogens (primary N) is 1. The molecule has 1 aliphatic rings. The summed E-state index contributed by atoms with van der Waals surface area (Å²) in [5.74, 6) is 1.04. The number of imidazole rings is 1. The molecule has 1 unspecified atom stereocenters.